The van der Waals surface area contributed by atoms with Crippen LogP contribution in [0.25, 0.3) is 10.9 Å². The molecule has 2 aromatic carbocycles. The van der Waals surface area contributed by atoms with Gasteiger partial charge in [-0.15, -0.1) is 0 Å². The Morgan fingerprint density at radius 3 is 2.59 bits per heavy atom. The van der Waals surface area contributed by atoms with Gasteiger partial charge in [0.15, 0.2) is 0 Å². The molecule has 3 nitrogen and oxygen atoms in total. The van der Waals surface area contributed by atoms with Gasteiger partial charge in [0, 0.05) is 28.2 Å². The summed E-state index contributed by atoms with van der Waals surface area (Å²) in [5, 5.41) is 4.71. The lowest BCUT2D eigenvalue weighted by Crippen LogP contribution is -2.35. The third-order valence-electron chi connectivity index (χ3n) is 6.73. The fourth-order valence-electron chi connectivity index (χ4n) is 5.37. The molecule has 5 atom stereocenters. The van der Waals surface area contributed by atoms with Crippen molar-refractivity contribution in [2.45, 2.75) is 31.7 Å². The number of aromatic nitrogens is 1. The Balaban J connectivity index is 1.25. The molecular weight excluding hydrogens is 387 g/mol. The Bertz CT molecular complexity index is 1070. The molecule has 0 spiro atoms. The molecule has 2 aliphatic rings. The van der Waals surface area contributed by atoms with Crippen LogP contribution < -0.4 is 5.32 Å². The van der Waals surface area contributed by atoms with Gasteiger partial charge in [-0.25, -0.2) is 4.39 Å². The topological polar surface area (TPSA) is 42.0 Å². The van der Waals surface area contributed by atoms with Crippen molar-refractivity contribution in [3.8, 4) is 0 Å². The van der Waals surface area contributed by atoms with E-state index in [1.807, 2.05) is 12.3 Å². The molecule has 3 aromatic rings. The molecule has 0 aliphatic heterocycles. The van der Waals surface area contributed by atoms with Crippen molar-refractivity contribution < 1.29 is 9.18 Å². The highest BCUT2D eigenvalue weighted by Crippen LogP contribution is 2.63. The summed E-state index contributed by atoms with van der Waals surface area (Å²) in [6.45, 7) is 2.10. The first-order valence-electron chi connectivity index (χ1n) is 10.1. The van der Waals surface area contributed by atoms with E-state index < -0.39 is 0 Å². The monoisotopic (exact) mass is 408 g/mol. The number of fused-ring (bicyclic) bond motifs is 2. The summed E-state index contributed by atoms with van der Waals surface area (Å²) in [4.78, 5) is 16.9. The van der Waals surface area contributed by atoms with Crippen molar-refractivity contribution >= 4 is 28.4 Å². The van der Waals surface area contributed by atoms with Crippen molar-refractivity contribution in [2.24, 2.45) is 17.8 Å². The molecule has 0 saturated heterocycles. The van der Waals surface area contributed by atoms with E-state index in [9.17, 15) is 9.18 Å². The number of pyridine rings is 1. The molecule has 2 fully saturated rings. The zero-order valence-corrected chi connectivity index (χ0v) is 16.9. The van der Waals surface area contributed by atoms with Crippen LogP contribution in [0.1, 0.15) is 41.6 Å². The summed E-state index contributed by atoms with van der Waals surface area (Å²) in [7, 11) is 0. The molecular formula is C24H22ClFN2O. The molecule has 2 aliphatic carbocycles. The van der Waals surface area contributed by atoms with Gasteiger partial charge in [-0.3, -0.25) is 9.78 Å². The number of carbonyl (C=O) groups excluding carboxylic acids is 1. The van der Waals surface area contributed by atoms with Crippen molar-refractivity contribution in [3.05, 3.63) is 76.7 Å². The van der Waals surface area contributed by atoms with E-state index in [-0.39, 0.29) is 17.8 Å². The van der Waals surface area contributed by atoms with Crippen LogP contribution >= 0.6 is 11.6 Å². The Labute approximate surface area is 174 Å². The summed E-state index contributed by atoms with van der Waals surface area (Å²) in [6, 6.07) is 14.0. The van der Waals surface area contributed by atoms with Crippen molar-refractivity contribution in [1.29, 1.82) is 0 Å². The van der Waals surface area contributed by atoms with Gasteiger partial charge in [0.1, 0.15) is 5.82 Å². The molecule has 0 radical (unpaired) electrons. The maximum atomic E-state index is 13.8. The van der Waals surface area contributed by atoms with E-state index in [4.69, 9.17) is 11.6 Å². The van der Waals surface area contributed by atoms with Crippen LogP contribution in [0.15, 0.2) is 54.7 Å². The summed E-state index contributed by atoms with van der Waals surface area (Å²) in [6.07, 6.45) is 4.00. The van der Waals surface area contributed by atoms with E-state index in [0.717, 1.165) is 23.7 Å². The summed E-state index contributed by atoms with van der Waals surface area (Å²) < 4.78 is 13.8. The Hall–Kier alpha value is -2.46. The summed E-state index contributed by atoms with van der Waals surface area (Å²) in [5.41, 5.74) is 2.69. The lowest BCUT2D eigenvalue weighted by atomic mass is 9.88. The molecule has 148 valence electrons. The van der Waals surface area contributed by atoms with Crippen LogP contribution in [0.2, 0.25) is 5.02 Å². The highest BCUT2D eigenvalue weighted by atomic mass is 35.5. The summed E-state index contributed by atoms with van der Waals surface area (Å²) >= 11 is 5.90. The Kier molecular flexibility index (Phi) is 4.54. The average Bonchev–Trinajstić information content (AvgIpc) is 3.22. The minimum Gasteiger partial charge on any atom is -0.349 e. The second-order valence-corrected chi connectivity index (χ2v) is 8.84. The third-order valence-corrected chi connectivity index (χ3v) is 6.98. The van der Waals surface area contributed by atoms with Crippen LogP contribution in [-0.4, -0.2) is 16.9 Å². The van der Waals surface area contributed by atoms with E-state index in [1.54, 1.807) is 36.4 Å². The van der Waals surface area contributed by atoms with Gasteiger partial charge < -0.3 is 5.32 Å². The number of halogens is 2. The van der Waals surface area contributed by atoms with Crippen molar-refractivity contribution in [2.75, 3.05) is 0 Å². The predicted molar refractivity (Wildman–Crippen MR) is 113 cm³/mol. The number of nitrogens with one attached hydrogen (secondary N) is 1. The molecule has 5 heteroatoms. The molecule has 2 saturated carbocycles. The predicted octanol–water partition coefficient (Wildman–Crippen LogP) is 5.59. The van der Waals surface area contributed by atoms with Gasteiger partial charge in [0.25, 0.3) is 5.91 Å². The highest BCUT2D eigenvalue weighted by Gasteiger charge is 2.58. The first kappa shape index (κ1) is 18.6. The average molecular weight is 409 g/mol. The fourth-order valence-corrected chi connectivity index (χ4v) is 5.50. The first-order chi connectivity index (χ1) is 14.0. The van der Waals surface area contributed by atoms with Crippen LogP contribution in [-0.2, 0) is 0 Å². The normalized spacial score (nSPS) is 26.2. The zero-order valence-electron chi connectivity index (χ0n) is 16.1. The van der Waals surface area contributed by atoms with Crippen LogP contribution in [0.3, 0.4) is 0 Å². The molecule has 29 heavy (non-hydrogen) atoms. The van der Waals surface area contributed by atoms with Gasteiger partial charge in [-0.2, -0.15) is 0 Å². The second-order valence-electron chi connectivity index (χ2n) is 8.40. The van der Waals surface area contributed by atoms with E-state index in [0.29, 0.717) is 34.3 Å². The van der Waals surface area contributed by atoms with Crippen LogP contribution in [0.4, 0.5) is 4.39 Å². The standard InChI is InChI=1S/C24H22ClFN2O/c1-13(28-24(29)14-2-4-16(25)5-3-14)23-20-10-15(11-21(20)23)18-8-9-27-22-7-6-17(26)12-19(18)22/h2-9,12-13,15,20-21,23H,10-11H2,1H3,(H,28,29)/t13-,15?,20-,21+,23?/m1/s1. The van der Waals surface area contributed by atoms with E-state index in [2.05, 4.69) is 17.2 Å². The molecule has 5 rings (SSSR count). The smallest absolute Gasteiger partial charge is 0.251 e. The van der Waals surface area contributed by atoms with Gasteiger partial charge in [-0.1, -0.05) is 11.6 Å². The SMILES string of the molecule is C[C@@H](NC(=O)c1ccc(Cl)cc1)C1[C@H]2CC(c3ccnc4ccc(F)cc34)C[C@@H]12. The number of carbonyl (C=O) groups is 1. The number of benzene rings is 2. The molecule has 1 N–H and O–H groups in total. The molecule has 1 aromatic heterocycles. The Morgan fingerprint density at radius 1 is 1.14 bits per heavy atom. The highest BCUT2D eigenvalue weighted by molar-refractivity contribution is 6.30. The van der Waals surface area contributed by atoms with E-state index in [1.165, 1.54) is 11.6 Å². The lowest BCUT2D eigenvalue weighted by molar-refractivity contribution is 0.0933. The van der Waals surface area contributed by atoms with Gasteiger partial charge >= 0.3 is 0 Å². The molecule has 1 amide bonds. The van der Waals surface area contributed by atoms with Gasteiger partial charge in [-0.05, 0) is 97.5 Å². The summed E-state index contributed by atoms with van der Waals surface area (Å²) in [5.74, 6) is 1.94. The minimum atomic E-state index is -0.216. The van der Waals surface area contributed by atoms with Crippen LogP contribution in [0, 0.1) is 23.6 Å². The molecule has 2 unspecified atom stereocenters. The molecule has 0 bridgehead atoms. The largest absolute Gasteiger partial charge is 0.349 e. The number of nitrogens with zero attached hydrogens (tertiary/aromatic N) is 1. The van der Waals surface area contributed by atoms with Gasteiger partial charge in [0.2, 0.25) is 0 Å². The number of hydrogen-bond acceptors (Lipinski definition) is 2. The third kappa shape index (κ3) is 3.40. The molecule has 1 heterocycles. The number of amides is 1. The number of rotatable bonds is 4. The quantitative estimate of drug-likeness (QED) is 0.611. The second kappa shape index (κ2) is 7.10. The maximum Gasteiger partial charge on any atom is 0.251 e. The van der Waals surface area contributed by atoms with Crippen molar-refractivity contribution in [3.63, 3.8) is 0 Å². The minimum absolute atomic E-state index is 0.0497. The van der Waals surface area contributed by atoms with Crippen LogP contribution in [0.5, 0.6) is 0 Å². The van der Waals surface area contributed by atoms with E-state index >= 15 is 0 Å². The fraction of sp³-hybridized carbons (Fsp3) is 0.333. The Morgan fingerprint density at radius 2 is 1.86 bits per heavy atom. The lowest BCUT2D eigenvalue weighted by Gasteiger charge is -2.20. The zero-order chi connectivity index (χ0) is 20.1. The van der Waals surface area contributed by atoms with Gasteiger partial charge in [0.05, 0.1) is 5.52 Å². The maximum absolute atomic E-state index is 13.8. The van der Waals surface area contributed by atoms with Crippen molar-refractivity contribution in [1.82, 2.24) is 10.3 Å². The first-order valence-corrected chi connectivity index (χ1v) is 10.5. The number of hydrogen-bond donors (Lipinski definition) is 1.